The number of allylic oxidation sites excluding steroid dienone is 3. The third-order valence-electron chi connectivity index (χ3n) is 5.30. The van der Waals surface area contributed by atoms with E-state index in [1.807, 2.05) is 13.8 Å². The quantitative estimate of drug-likeness (QED) is 0.396. The van der Waals surface area contributed by atoms with Gasteiger partial charge in [0.25, 0.3) is 0 Å². The summed E-state index contributed by atoms with van der Waals surface area (Å²) in [5.41, 5.74) is 1.05. The minimum Gasteiger partial charge on any atom is -0.394 e. The van der Waals surface area contributed by atoms with Crippen molar-refractivity contribution in [3.8, 4) is 0 Å². The SMILES string of the molecule is CC(=O)/C=C/C1=C(C)C(O)C(O[C@@H]2O[C@H](CO)[C@@H](O)[C@H](O)[C@H]2O)CC1(C)C. The van der Waals surface area contributed by atoms with E-state index < -0.39 is 54.9 Å². The molecule has 0 bridgehead atoms. The van der Waals surface area contributed by atoms with Crippen LogP contribution in [0.25, 0.3) is 0 Å². The second-order valence-corrected chi connectivity index (χ2v) is 7.95. The first-order chi connectivity index (χ1) is 12.5. The minimum absolute atomic E-state index is 0.0970. The first-order valence-corrected chi connectivity index (χ1v) is 9.03. The fourth-order valence-electron chi connectivity index (χ4n) is 3.73. The topological polar surface area (TPSA) is 137 Å². The van der Waals surface area contributed by atoms with Crippen molar-refractivity contribution in [3.05, 3.63) is 23.3 Å². The molecule has 0 spiro atoms. The van der Waals surface area contributed by atoms with Crippen LogP contribution in [-0.4, -0.2) is 80.8 Å². The first-order valence-electron chi connectivity index (χ1n) is 9.03. The second kappa shape index (κ2) is 8.48. The Kier molecular flexibility index (Phi) is 6.96. The van der Waals surface area contributed by atoms with Gasteiger partial charge in [-0.15, -0.1) is 0 Å². The summed E-state index contributed by atoms with van der Waals surface area (Å²) >= 11 is 0. The molecule has 0 aromatic rings. The predicted octanol–water partition coefficient (Wildman–Crippen LogP) is -0.576. The molecule has 5 N–H and O–H groups in total. The molecule has 27 heavy (non-hydrogen) atoms. The Balaban J connectivity index is 2.22. The van der Waals surface area contributed by atoms with Crippen molar-refractivity contribution in [2.45, 2.75) is 77.0 Å². The lowest BCUT2D eigenvalue weighted by atomic mass is 9.70. The van der Waals surface area contributed by atoms with Gasteiger partial charge in [-0.05, 0) is 42.9 Å². The van der Waals surface area contributed by atoms with Crippen molar-refractivity contribution < 1.29 is 39.8 Å². The zero-order valence-electron chi connectivity index (χ0n) is 16.1. The molecule has 1 aliphatic heterocycles. The standard InChI is InChI=1S/C19H30O8/c1-9(21)5-6-11-10(2)14(22)12(7-19(11,3)4)26-18-17(25)16(24)15(23)13(8-20)27-18/h5-6,12-18,20,22-25H,7-8H2,1-4H3/b6-5+/t12?,13-,14?,15-,16+,17-,18-/m1/s1. The zero-order valence-corrected chi connectivity index (χ0v) is 16.1. The average Bonchev–Trinajstić information content (AvgIpc) is 2.59. The van der Waals surface area contributed by atoms with E-state index in [4.69, 9.17) is 9.47 Å². The van der Waals surface area contributed by atoms with Gasteiger partial charge in [0, 0.05) is 0 Å². The van der Waals surface area contributed by atoms with Gasteiger partial charge in [0.1, 0.15) is 30.5 Å². The smallest absolute Gasteiger partial charge is 0.187 e. The zero-order chi connectivity index (χ0) is 20.5. The Hall–Kier alpha value is -1.13. The maximum Gasteiger partial charge on any atom is 0.187 e. The van der Waals surface area contributed by atoms with Crippen molar-refractivity contribution in [2.24, 2.45) is 5.41 Å². The summed E-state index contributed by atoms with van der Waals surface area (Å²) in [5, 5.41) is 49.8. The van der Waals surface area contributed by atoms with E-state index in [1.54, 1.807) is 13.0 Å². The second-order valence-electron chi connectivity index (χ2n) is 7.95. The molecule has 0 radical (unpaired) electrons. The Labute approximate surface area is 158 Å². The maximum atomic E-state index is 11.3. The number of aliphatic hydroxyl groups excluding tert-OH is 5. The van der Waals surface area contributed by atoms with E-state index in [0.717, 1.165) is 5.57 Å². The van der Waals surface area contributed by atoms with Crippen molar-refractivity contribution in [3.63, 3.8) is 0 Å². The van der Waals surface area contributed by atoms with Crippen molar-refractivity contribution in [1.82, 2.24) is 0 Å². The highest BCUT2D eigenvalue weighted by Gasteiger charge is 2.47. The minimum atomic E-state index is -1.54. The molecule has 1 aliphatic carbocycles. The number of carbonyl (C=O) groups excluding carboxylic acids is 1. The molecule has 0 aromatic carbocycles. The fraction of sp³-hybridized carbons (Fsp3) is 0.737. The number of hydrogen-bond acceptors (Lipinski definition) is 8. The van der Waals surface area contributed by atoms with Gasteiger partial charge < -0.3 is 35.0 Å². The van der Waals surface area contributed by atoms with Crippen molar-refractivity contribution >= 4 is 5.78 Å². The molecule has 1 saturated heterocycles. The maximum absolute atomic E-state index is 11.3. The van der Waals surface area contributed by atoms with Crippen LogP contribution in [0.4, 0.5) is 0 Å². The lowest BCUT2D eigenvalue weighted by molar-refractivity contribution is -0.318. The van der Waals surface area contributed by atoms with Crippen LogP contribution in [-0.2, 0) is 14.3 Å². The normalized spacial score (nSPS) is 39.8. The summed E-state index contributed by atoms with van der Waals surface area (Å²) < 4.78 is 11.1. The average molecular weight is 386 g/mol. The Morgan fingerprint density at radius 2 is 1.85 bits per heavy atom. The van der Waals surface area contributed by atoms with Gasteiger partial charge in [-0.1, -0.05) is 19.9 Å². The molecule has 7 atom stereocenters. The van der Waals surface area contributed by atoms with Gasteiger partial charge >= 0.3 is 0 Å². The van der Waals surface area contributed by atoms with Gasteiger partial charge in [-0.25, -0.2) is 0 Å². The van der Waals surface area contributed by atoms with E-state index in [0.29, 0.717) is 12.0 Å². The molecule has 2 aliphatic rings. The lowest BCUT2D eigenvalue weighted by Gasteiger charge is -2.45. The van der Waals surface area contributed by atoms with Crippen molar-refractivity contribution in [2.75, 3.05) is 6.61 Å². The molecule has 8 nitrogen and oxygen atoms in total. The summed E-state index contributed by atoms with van der Waals surface area (Å²) in [7, 11) is 0. The Bertz CT molecular complexity index is 609. The number of rotatable bonds is 5. The summed E-state index contributed by atoms with van der Waals surface area (Å²) in [6, 6.07) is 0. The van der Waals surface area contributed by atoms with Crippen molar-refractivity contribution in [1.29, 1.82) is 0 Å². The molecular weight excluding hydrogens is 356 g/mol. The first kappa shape index (κ1) is 22.2. The van der Waals surface area contributed by atoms with Gasteiger partial charge in [-0.2, -0.15) is 0 Å². The number of carbonyl (C=O) groups is 1. The van der Waals surface area contributed by atoms with Gasteiger partial charge in [0.2, 0.25) is 0 Å². The Morgan fingerprint density at radius 3 is 2.41 bits per heavy atom. The Morgan fingerprint density at radius 1 is 1.22 bits per heavy atom. The van der Waals surface area contributed by atoms with Crippen LogP contribution < -0.4 is 0 Å². The largest absolute Gasteiger partial charge is 0.394 e. The fourth-order valence-corrected chi connectivity index (χ4v) is 3.73. The predicted molar refractivity (Wildman–Crippen MR) is 95.6 cm³/mol. The molecule has 1 fully saturated rings. The van der Waals surface area contributed by atoms with E-state index in [-0.39, 0.29) is 5.78 Å². The summed E-state index contributed by atoms with van der Waals surface area (Å²) in [5.74, 6) is -0.0970. The molecule has 154 valence electrons. The molecule has 2 rings (SSSR count). The highest BCUT2D eigenvalue weighted by atomic mass is 16.7. The van der Waals surface area contributed by atoms with Crippen LogP contribution in [0.15, 0.2) is 23.3 Å². The highest BCUT2D eigenvalue weighted by molar-refractivity contribution is 5.87. The third-order valence-corrected chi connectivity index (χ3v) is 5.30. The molecule has 2 unspecified atom stereocenters. The van der Waals surface area contributed by atoms with E-state index in [2.05, 4.69) is 0 Å². The van der Waals surface area contributed by atoms with Crippen LogP contribution in [0.2, 0.25) is 0 Å². The van der Waals surface area contributed by atoms with Crippen LogP contribution in [0.1, 0.15) is 34.1 Å². The summed E-state index contributed by atoms with van der Waals surface area (Å²) in [6.45, 7) is 6.54. The van der Waals surface area contributed by atoms with Crippen LogP contribution in [0, 0.1) is 5.41 Å². The number of ketones is 1. The van der Waals surface area contributed by atoms with E-state index in [9.17, 15) is 30.3 Å². The molecule has 0 aromatic heterocycles. The monoisotopic (exact) mass is 386 g/mol. The van der Waals surface area contributed by atoms with Crippen LogP contribution in [0.3, 0.4) is 0 Å². The highest BCUT2D eigenvalue weighted by Crippen LogP contribution is 2.43. The van der Waals surface area contributed by atoms with Crippen LogP contribution >= 0.6 is 0 Å². The van der Waals surface area contributed by atoms with Gasteiger partial charge in [0.05, 0.1) is 12.7 Å². The van der Waals surface area contributed by atoms with E-state index in [1.165, 1.54) is 13.0 Å². The number of aliphatic hydroxyl groups is 5. The molecule has 0 amide bonds. The number of hydrogen-bond donors (Lipinski definition) is 5. The third kappa shape index (κ3) is 4.65. The van der Waals surface area contributed by atoms with E-state index >= 15 is 0 Å². The molecule has 8 heteroatoms. The molecule has 0 saturated carbocycles. The summed E-state index contributed by atoms with van der Waals surface area (Å²) in [4.78, 5) is 11.3. The summed E-state index contributed by atoms with van der Waals surface area (Å²) in [6.07, 6.45) is -5.14. The van der Waals surface area contributed by atoms with Gasteiger partial charge in [-0.3, -0.25) is 4.79 Å². The molecule has 1 heterocycles. The number of ether oxygens (including phenoxy) is 2. The van der Waals surface area contributed by atoms with Gasteiger partial charge in [0.15, 0.2) is 12.1 Å². The molecular formula is C19H30O8. The lowest BCUT2D eigenvalue weighted by Crippen LogP contribution is -2.60. The van der Waals surface area contributed by atoms with Crippen LogP contribution in [0.5, 0.6) is 0 Å².